The number of rotatable bonds is 4. The predicted octanol–water partition coefficient (Wildman–Crippen LogP) is 1.39. The number of aromatic nitrogens is 4. The van der Waals surface area contributed by atoms with Crippen molar-refractivity contribution >= 4 is 17.5 Å². The molecule has 0 saturated carbocycles. The molecule has 15 heavy (non-hydrogen) atoms. The molecule has 5 nitrogen and oxygen atoms in total. The van der Waals surface area contributed by atoms with Gasteiger partial charge in [-0.15, -0.1) is 0 Å². The molecular formula is C9H13N5S. The van der Waals surface area contributed by atoms with Crippen molar-refractivity contribution in [1.82, 2.24) is 18.3 Å². The van der Waals surface area contributed by atoms with Crippen LogP contribution in [0.5, 0.6) is 0 Å². The van der Waals surface area contributed by atoms with E-state index in [0.29, 0.717) is 0 Å². The molecule has 2 heterocycles. The highest BCUT2D eigenvalue weighted by Gasteiger charge is 2.10. The molecule has 0 atom stereocenters. The van der Waals surface area contributed by atoms with Gasteiger partial charge in [-0.05, 0) is 6.92 Å². The summed E-state index contributed by atoms with van der Waals surface area (Å²) < 4.78 is 10.5. The first-order chi connectivity index (χ1) is 7.35. The van der Waals surface area contributed by atoms with Gasteiger partial charge in [0.15, 0.2) is 5.82 Å². The first-order valence-corrected chi connectivity index (χ1v) is 5.57. The molecule has 6 heteroatoms. The fourth-order valence-electron chi connectivity index (χ4n) is 1.46. The number of aryl methyl sites for hydroxylation is 1. The molecule has 0 aliphatic rings. The summed E-state index contributed by atoms with van der Waals surface area (Å²) in [7, 11) is 1.85. The maximum absolute atomic E-state index is 4.31. The lowest BCUT2D eigenvalue weighted by molar-refractivity contribution is 0.710. The van der Waals surface area contributed by atoms with Gasteiger partial charge in [-0.25, -0.2) is 4.98 Å². The van der Waals surface area contributed by atoms with Gasteiger partial charge in [0.25, 0.3) is 0 Å². The summed E-state index contributed by atoms with van der Waals surface area (Å²) in [6.07, 6.45) is 4.53. The van der Waals surface area contributed by atoms with Gasteiger partial charge in [0.05, 0.1) is 18.1 Å². The summed E-state index contributed by atoms with van der Waals surface area (Å²) in [4.78, 5) is 4.31. The molecule has 0 aromatic carbocycles. The largest absolute Gasteiger partial charge is 0.371 e. The van der Waals surface area contributed by atoms with Gasteiger partial charge in [-0.2, -0.15) is 8.75 Å². The molecule has 0 aliphatic heterocycles. The van der Waals surface area contributed by atoms with Crippen molar-refractivity contribution in [3.63, 3.8) is 0 Å². The molecule has 0 bridgehead atoms. The van der Waals surface area contributed by atoms with Crippen LogP contribution in [0.3, 0.4) is 0 Å². The lowest BCUT2D eigenvalue weighted by atomic mass is 10.3. The monoisotopic (exact) mass is 223 g/mol. The van der Waals surface area contributed by atoms with Gasteiger partial charge in [0, 0.05) is 26.0 Å². The minimum atomic E-state index is 0.730. The Balaban J connectivity index is 2.21. The smallest absolute Gasteiger partial charge is 0.163 e. The van der Waals surface area contributed by atoms with E-state index in [1.165, 1.54) is 11.7 Å². The third-order valence-corrected chi connectivity index (χ3v) is 2.83. The fourth-order valence-corrected chi connectivity index (χ4v) is 2.03. The lowest BCUT2D eigenvalue weighted by Gasteiger charge is -2.03. The Morgan fingerprint density at radius 1 is 1.47 bits per heavy atom. The Hall–Kier alpha value is -1.43. The fraction of sp³-hybridized carbons (Fsp3) is 0.444. The highest BCUT2D eigenvalue weighted by molar-refractivity contribution is 6.99. The molecule has 0 saturated heterocycles. The summed E-state index contributed by atoms with van der Waals surface area (Å²) >= 11 is 1.23. The highest BCUT2D eigenvalue weighted by atomic mass is 32.1. The number of nitrogens with zero attached hydrogens (tertiary/aromatic N) is 4. The maximum Gasteiger partial charge on any atom is 0.163 e. The van der Waals surface area contributed by atoms with Crippen LogP contribution in [0, 0.1) is 0 Å². The van der Waals surface area contributed by atoms with Gasteiger partial charge >= 0.3 is 0 Å². The molecule has 1 N–H and O–H groups in total. The van der Waals surface area contributed by atoms with Crippen LogP contribution in [0.1, 0.15) is 18.4 Å². The number of hydrogen-bond donors (Lipinski definition) is 1. The average molecular weight is 223 g/mol. The highest BCUT2D eigenvalue weighted by Crippen LogP contribution is 2.15. The summed E-state index contributed by atoms with van der Waals surface area (Å²) in [5, 5.41) is 3.03. The van der Waals surface area contributed by atoms with Gasteiger partial charge in [-0.1, -0.05) is 0 Å². The van der Waals surface area contributed by atoms with E-state index in [1.54, 1.807) is 0 Å². The first kappa shape index (κ1) is 10.1. The zero-order valence-electron chi connectivity index (χ0n) is 8.77. The maximum atomic E-state index is 4.31. The van der Waals surface area contributed by atoms with Crippen LogP contribution in [0.4, 0.5) is 5.82 Å². The van der Waals surface area contributed by atoms with E-state index in [-0.39, 0.29) is 0 Å². The molecule has 0 aliphatic carbocycles. The Morgan fingerprint density at radius 3 is 3.07 bits per heavy atom. The van der Waals surface area contributed by atoms with Crippen molar-refractivity contribution in [2.24, 2.45) is 0 Å². The summed E-state index contributed by atoms with van der Waals surface area (Å²) in [6.45, 7) is 3.03. The van der Waals surface area contributed by atoms with Crippen LogP contribution < -0.4 is 5.32 Å². The second-order valence-corrected chi connectivity index (χ2v) is 3.64. The van der Waals surface area contributed by atoms with Crippen molar-refractivity contribution in [3.8, 4) is 0 Å². The van der Waals surface area contributed by atoms with Crippen LogP contribution in [0.25, 0.3) is 0 Å². The van der Waals surface area contributed by atoms with E-state index in [4.69, 9.17) is 0 Å². The number of anilines is 1. The topological polar surface area (TPSA) is 55.6 Å². The van der Waals surface area contributed by atoms with E-state index < -0.39 is 0 Å². The van der Waals surface area contributed by atoms with Gasteiger partial charge in [-0.3, -0.25) is 0 Å². The zero-order chi connectivity index (χ0) is 10.7. The SMILES string of the molecule is CCn1ccnc1Cc1nsnc1NC. The van der Waals surface area contributed by atoms with E-state index >= 15 is 0 Å². The summed E-state index contributed by atoms with van der Waals surface area (Å²) in [5.74, 6) is 1.88. The number of hydrogen-bond acceptors (Lipinski definition) is 5. The van der Waals surface area contributed by atoms with Gasteiger partial charge < -0.3 is 9.88 Å². The molecule has 2 aromatic heterocycles. The Morgan fingerprint density at radius 2 is 2.33 bits per heavy atom. The predicted molar refractivity (Wildman–Crippen MR) is 60.2 cm³/mol. The average Bonchev–Trinajstić information content (AvgIpc) is 2.87. The Bertz CT molecular complexity index is 393. The molecule has 0 fully saturated rings. The van der Waals surface area contributed by atoms with E-state index in [1.807, 2.05) is 19.4 Å². The number of imidazole rings is 1. The molecular weight excluding hydrogens is 210 g/mol. The van der Waals surface area contributed by atoms with Crippen molar-refractivity contribution in [1.29, 1.82) is 0 Å². The standard InChI is InChI=1S/C9H13N5S/c1-3-14-5-4-11-8(14)6-7-9(10-2)13-15-12-7/h4-5H,3,6H2,1-2H3,(H,10,13). The van der Waals surface area contributed by atoms with Gasteiger partial charge in [0.1, 0.15) is 11.5 Å². The van der Waals surface area contributed by atoms with Crippen LogP contribution >= 0.6 is 11.7 Å². The van der Waals surface area contributed by atoms with Crippen molar-refractivity contribution in [3.05, 3.63) is 23.9 Å². The van der Waals surface area contributed by atoms with Crippen LogP contribution in [-0.2, 0) is 13.0 Å². The van der Waals surface area contributed by atoms with Crippen molar-refractivity contribution in [2.75, 3.05) is 12.4 Å². The Labute approximate surface area is 92.5 Å². The lowest BCUT2D eigenvalue weighted by Crippen LogP contribution is -2.03. The third-order valence-electron chi connectivity index (χ3n) is 2.26. The van der Waals surface area contributed by atoms with Crippen LogP contribution in [0.15, 0.2) is 12.4 Å². The normalized spacial score (nSPS) is 10.5. The molecule has 0 radical (unpaired) electrons. The molecule has 0 amide bonds. The molecule has 0 spiro atoms. The summed E-state index contributed by atoms with van der Waals surface area (Å²) in [5.41, 5.74) is 0.961. The van der Waals surface area contributed by atoms with E-state index in [0.717, 1.165) is 30.3 Å². The minimum absolute atomic E-state index is 0.730. The quantitative estimate of drug-likeness (QED) is 0.851. The second kappa shape index (κ2) is 4.39. The van der Waals surface area contributed by atoms with E-state index in [2.05, 4.69) is 30.5 Å². The van der Waals surface area contributed by atoms with Crippen LogP contribution in [-0.4, -0.2) is 25.3 Å². The first-order valence-electron chi connectivity index (χ1n) is 4.84. The van der Waals surface area contributed by atoms with Crippen LogP contribution in [0.2, 0.25) is 0 Å². The van der Waals surface area contributed by atoms with Crippen molar-refractivity contribution < 1.29 is 0 Å². The summed E-state index contributed by atoms with van der Waals surface area (Å²) in [6, 6.07) is 0. The van der Waals surface area contributed by atoms with E-state index in [9.17, 15) is 0 Å². The molecule has 2 aromatic rings. The molecule has 80 valence electrons. The number of nitrogens with one attached hydrogen (secondary N) is 1. The molecule has 2 rings (SSSR count). The third kappa shape index (κ3) is 1.99. The minimum Gasteiger partial charge on any atom is -0.371 e. The second-order valence-electron chi connectivity index (χ2n) is 3.12. The molecule has 0 unspecified atom stereocenters. The van der Waals surface area contributed by atoms with Crippen molar-refractivity contribution in [2.45, 2.75) is 19.9 Å². The van der Waals surface area contributed by atoms with Gasteiger partial charge in [0.2, 0.25) is 0 Å². The Kier molecular flexibility index (Phi) is 2.96. The zero-order valence-corrected chi connectivity index (χ0v) is 9.58.